The topological polar surface area (TPSA) is 70.7 Å². The van der Waals surface area contributed by atoms with E-state index in [-0.39, 0.29) is 11.7 Å². The number of aryl methyl sites for hydroxylation is 1. The van der Waals surface area contributed by atoms with E-state index in [0.29, 0.717) is 33.3 Å². The average molecular weight is 421 g/mol. The SMILES string of the molecule is CCc1ccc(-c2nc(SCC(=O)Nc3ccccc3SC(F)F)n[nH]2)cc1. The largest absolute Gasteiger partial charge is 0.324 e. The molecular formula is C19H18F2N4OS2. The number of hydrogen-bond donors (Lipinski definition) is 2. The van der Waals surface area contributed by atoms with Gasteiger partial charge in [-0.25, -0.2) is 4.98 Å². The summed E-state index contributed by atoms with van der Waals surface area (Å²) in [5.41, 5.74) is 2.52. The zero-order valence-corrected chi connectivity index (χ0v) is 16.6. The zero-order valence-electron chi connectivity index (χ0n) is 15.0. The number of hydrogen-bond acceptors (Lipinski definition) is 5. The lowest BCUT2D eigenvalue weighted by Crippen LogP contribution is -2.14. The Morgan fingerprint density at radius 2 is 1.93 bits per heavy atom. The Labute approximate surface area is 169 Å². The number of nitrogens with one attached hydrogen (secondary N) is 2. The second kappa shape index (κ2) is 9.70. The Kier molecular flexibility index (Phi) is 7.05. The number of para-hydroxylation sites is 1. The summed E-state index contributed by atoms with van der Waals surface area (Å²) in [5, 5.41) is 10.1. The Balaban J connectivity index is 1.57. The van der Waals surface area contributed by atoms with E-state index in [4.69, 9.17) is 0 Å². The maximum Gasteiger partial charge on any atom is 0.288 e. The summed E-state index contributed by atoms with van der Waals surface area (Å²) in [7, 11) is 0. The van der Waals surface area contributed by atoms with Crippen LogP contribution in [0.3, 0.4) is 0 Å². The lowest BCUT2D eigenvalue weighted by Gasteiger charge is -2.09. The van der Waals surface area contributed by atoms with E-state index >= 15 is 0 Å². The first-order chi connectivity index (χ1) is 13.5. The van der Waals surface area contributed by atoms with Crippen molar-refractivity contribution in [2.75, 3.05) is 11.1 Å². The van der Waals surface area contributed by atoms with Crippen molar-refractivity contribution >= 4 is 35.1 Å². The smallest absolute Gasteiger partial charge is 0.288 e. The number of rotatable bonds is 8. The molecule has 0 saturated carbocycles. The Morgan fingerprint density at radius 3 is 2.64 bits per heavy atom. The summed E-state index contributed by atoms with van der Waals surface area (Å²) in [6.45, 7) is 2.09. The molecule has 0 radical (unpaired) electrons. The van der Waals surface area contributed by atoms with Crippen LogP contribution in [0.15, 0.2) is 58.6 Å². The normalized spacial score (nSPS) is 11.0. The van der Waals surface area contributed by atoms with E-state index in [1.165, 1.54) is 17.3 Å². The number of carbonyl (C=O) groups is 1. The number of benzene rings is 2. The van der Waals surface area contributed by atoms with Gasteiger partial charge in [-0.2, -0.15) is 8.78 Å². The quantitative estimate of drug-likeness (QED) is 0.497. The van der Waals surface area contributed by atoms with E-state index in [9.17, 15) is 13.6 Å². The van der Waals surface area contributed by atoms with Crippen molar-refractivity contribution in [3.05, 3.63) is 54.1 Å². The van der Waals surface area contributed by atoms with Crippen molar-refractivity contribution in [2.24, 2.45) is 0 Å². The minimum absolute atomic E-state index is 0.0692. The van der Waals surface area contributed by atoms with Crippen LogP contribution >= 0.6 is 23.5 Å². The van der Waals surface area contributed by atoms with Crippen LogP contribution in [0, 0.1) is 0 Å². The molecule has 2 N–H and O–H groups in total. The molecule has 0 atom stereocenters. The van der Waals surface area contributed by atoms with Crippen molar-refractivity contribution in [1.82, 2.24) is 15.2 Å². The van der Waals surface area contributed by atoms with Crippen molar-refractivity contribution in [1.29, 1.82) is 0 Å². The number of anilines is 1. The number of halogens is 2. The number of H-pyrrole nitrogens is 1. The average Bonchev–Trinajstić information content (AvgIpc) is 3.17. The van der Waals surface area contributed by atoms with Crippen molar-refractivity contribution in [3.8, 4) is 11.4 Å². The van der Waals surface area contributed by atoms with Crippen LogP contribution in [0.25, 0.3) is 11.4 Å². The van der Waals surface area contributed by atoms with Gasteiger partial charge in [0.05, 0.1) is 11.4 Å². The third-order valence-corrected chi connectivity index (χ3v) is 5.45. The second-order valence-corrected chi connectivity index (χ2v) is 7.70. The highest BCUT2D eigenvalue weighted by Gasteiger charge is 2.13. The van der Waals surface area contributed by atoms with Gasteiger partial charge >= 0.3 is 0 Å². The minimum atomic E-state index is -2.55. The van der Waals surface area contributed by atoms with Crippen LogP contribution in [-0.2, 0) is 11.2 Å². The van der Waals surface area contributed by atoms with Gasteiger partial charge in [-0.15, -0.1) is 5.10 Å². The van der Waals surface area contributed by atoms with Gasteiger partial charge in [-0.1, -0.05) is 66.8 Å². The van der Waals surface area contributed by atoms with Crippen LogP contribution in [0.5, 0.6) is 0 Å². The van der Waals surface area contributed by atoms with Crippen LogP contribution in [0.4, 0.5) is 14.5 Å². The lowest BCUT2D eigenvalue weighted by molar-refractivity contribution is -0.113. The fraction of sp³-hybridized carbons (Fsp3) is 0.211. The molecule has 0 aliphatic carbocycles. The van der Waals surface area contributed by atoms with Gasteiger partial charge in [0.1, 0.15) is 0 Å². The molecule has 0 saturated heterocycles. The summed E-state index contributed by atoms with van der Waals surface area (Å²) in [4.78, 5) is 16.9. The first-order valence-electron chi connectivity index (χ1n) is 8.53. The maximum absolute atomic E-state index is 12.6. The van der Waals surface area contributed by atoms with Gasteiger partial charge in [0, 0.05) is 10.5 Å². The second-order valence-electron chi connectivity index (χ2n) is 5.73. The van der Waals surface area contributed by atoms with Gasteiger partial charge in [-0.3, -0.25) is 9.89 Å². The maximum atomic E-state index is 12.6. The first-order valence-corrected chi connectivity index (χ1v) is 10.4. The summed E-state index contributed by atoms with van der Waals surface area (Å²) in [6.07, 6.45) is 0.964. The molecule has 0 fully saturated rings. The molecule has 0 aliphatic rings. The number of amides is 1. The fourth-order valence-electron chi connectivity index (χ4n) is 2.42. The molecule has 1 heterocycles. The molecule has 0 unspecified atom stereocenters. The van der Waals surface area contributed by atoms with Gasteiger partial charge in [-0.05, 0) is 24.1 Å². The summed E-state index contributed by atoms with van der Waals surface area (Å²) in [6, 6.07) is 14.5. The third kappa shape index (κ3) is 5.56. The van der Waals surface area contributed by atoms with E-state index in [1.807, 2.05) is 24.3 Å². The standard InChI is InChI=1S/C19H18F2N4OS2/c1-2-12-7-9-13(10-8-12)17-23-19(25-24-17)27-11-16(26)22-14-5-3-4-6-15(14)28-18(20)21/h3-10,18H,2,11H2,1H3,(H,22,26)(H,23,24,25). The lowest BCUT2D eigenvalue weighted by atomic mass is 10.1. The van der Waals surface area contributed by atoms with Crippen LogP contribution in [0.2, 0.25) is 0 Å². The van der Waals surface area contributed by atoms with Crippen molar-refractivity contribution < 1.29 is 13.6 Å². The highest BCUT2D eigenvalue weighted by molar-refractivity contribution is 8.00. The number of alkyl halides is 2. The van der Waals surface area contributed by atoms with E-state index < -0.39 is 5.76 Å². The molecule has 3 rings (SSSR count). The van der Waals surface area contributed by atoms with Crippen LogP contribution in [-0.4, -0.2) is 32.6 Å². The molecule has 2 aromatic carbocycles. The Bertz CT molecular complexity index is 932. The van der Waals surface area contributed by atoms with Crippen molar-refractivity contribution in [3.63, 3.8) is 0 Å². The fourth-order valence-corrected chi connectivity index (χ4v) is 3.62. The van der Waals surface area contributed by atoms with Gasteiger partial charge in [0.25, 0.3) is 5.76 Å². The summed E-state index contributed by atoms with van der Waals surface area (Å²) < 4.78 is 25.2. The molecule has 0 aliphatic heterocycles. The monoisotopic (exact) mass is 420 g/mol. The first kappa shape index (κ1) is 20.3. The molecule has 1 aromatic heterocycles. The summed E-state index contributed by atoms with van der Waals surface area (Å²) >= 11 is 1.57. The molecule has 0 spiro atoms. The molecule has 28 heavy (non-hydrogen) atoms. The molecule has 9 heteroatoms. The third-order valence-electron chi connectivity index (χ3n) is 3.81. The van der Waals surface area contributed by atoms with Gasteiger partial charge in [0.2, 0.25) is 11.1 Å². The minimum Gasteiger partial charge on any atom is -0.324 e. The molecule has 1 amide bonds. The van der Waals surface area contributed by atoms with Crippen LogP contribution < -0.4 is 5.32 Å². The summed E-state index contributed by atoms with van der Waals surface area (Å²) in [5.74, 6) is -2.17. The number of thioether (sulfide) groups is 2. The zero-order chi connectivity index (χ0) is 19.9. The van der Waals surface area contributed by atoms with E-state index in [0.717, 1.165) is 12.0 Å². The predicted molar refractivity (Wildman–Crippen MR) is 109 cm³/mol. The Morgan fingerprint density at radius 1 is 1.18 bits per heavy atom. The molecular weight excluding hydrogens is 402 g/mol. The van der Waals surface area contributed by atoms with E-state index in [1.54, 1.807) is 24.3 Å². The highest BCUT2D eigenvalue weighted by atomic mass is 32.2. The molecule has 146 valence electrons. The molecule has 0 bridgehead atoms. The van der Waals surface area contributed by atoms with Gasteiger partial charge < -0.3 is 5.32 Å². The number of aromatic amines is 1. The number of nitrogens with zero attached hydrogens (tertiary/aromatic N) is 2. The van der Waals surface area contributed by atoms with Crippen LogP contribution in [0.1, 0.15) is 12.5 Å². The number of aromatic nitrogens is 3. The van der Waals surface area contributed by atoms with Gasteiger partial charge in [0.15, 0.2) is 5.82 Å². The molecule has 3 aromatic rings. The number of carbonyl (C=O) groups excluding carboxylic acids is 1. The van der Waals surface area contributed by atoms with Crippen molar-refractivity contribution in [2.45, 2.75) is 29.2 Å². The molecule has 5 nitrogen and oxygen atoms in total. The van der Waals surface area contributed by atoms with E-state index in [2.05, 4.69) is 27.4 Å². The predicted octanol–water partition coefficient (Wildman–Crippen LogP) is 5.08. The Hall–Kier alpha value is -2.39. The highest BCUT2D eigenvalue weighted by Crippen LogP contribution is 2.31.